The number of amides is 2. The highest BCUT2D eigenvalue weighted by Gasteiger charge is 2.29. The lowest BCUT2D eigenvalue weighted by atomic mass is 9.97. The van der Waals surface area contributed by atoms with E-state index in [4.69, 9.17) is 0 Å². The van der Waals surface area contributed by atoms with Gasteiger partial charge in [0.1, 0.15) is 21.8 Å². The summed E-state index contributed by atoms with van der Waals surface area (Å²) in [6, 6.07) is 9.35. The Hall–Kier alpha value is -3.63. The molecule has 2 heterocycles. The minimum Gasteiger partial charge on any atom is -0.360 e. The van der Waals surface area contributed by atoms with Crippen molar-refractivity contribution in [3.63, 3.8) is 0 Å². The van der Waals surface area contributed by atoms with E-state index in [-0.39, 0.29) is 21.6 Å². The van der Waals surface area contributed by atoms with E-state index >= 15 is 0 Å². The van der Waals surface area contributed by atoms with E-state index in [1.807, 2.05) is 0 Å². The number of hydrogen-bond acceptors (Lipinski definition) is 7. The van der Waals surface area contributed by atoms with Crippen LogP contribution in [0.1, 0.15) is 40.0 Å². The summed E-state index contributed by atoms with van der Waals surface area (Å²) in [5.74, 6) is -1.25. The molecule has 2 amide bonds. The summed E-state index contributed by atoms with van der Waals surface area (Å²) in [6.45, 7) is 4.72. The largest absolute Gasteiger partial charge is 0.405 e. The van der Waals surface area contributed by atoms with Gasteiger partial charge in [-0.15, -0.1) is 11.3 Å². The average molecular weight is 579 g/mol. The summed E-state index contributed by atoms with van der Waals surface area (Å²) in [5, 5.41) is 14.2. The second kappa shape index (κ2) is 13.1. The number of likely N-dealkylation sites (tertiary alicyclic amines) is 1. The van der Waals surface area contributed by atoms with Gasteiger partial charge in [0.15, 0.2) is 5.57 Å². The normalized spacial score (nSPS) is 19.1. The smallest absolute Gasteiger partial charge is 0.360 e. The maximum Gasteiger partial charge on any atom is 0.405 e. The van der Waals surface area contributed by atoms with Crippen LogP contribution in [0.2, 0.25) is 0 Å². The molecule has 0 aliphatic carbocycles. The first-order valence-electron chi connectivity index (χ1n) is 12.9. The number of hydrogen-bond donors (Lipinski definition) is 2. The number of aromatic nitrogens is 1. The lowest BCUT2D eigenvalue weighted by Crippen LogP contribution is -2.49. The second-order valence-electron chi connectivity index (χ2n) is 9.70. The van der Waals surface area contributed by atoms with Gasteiger partial charge in [0.05, 0.1) is 6.54 Å². The molecule has 3 rings (SSSR count). The van der Waals surface area contributed by atoms with Gasteiger partial charge in [-0.25, -0.2) is 0 Å². The first kappa shape index (κ1) is 30.9. The first-order chi connectivity index (χ1) is 18.9. The number of piperidine rings is 1. The van der Waals surface area contributed by atoms with Crippen LogP contribution in [0.25, 0.3) is 11.8 Å². The number of rotatable bonds is 8. The Morgan fingerprint density at radius 3 is 2.52 bits per heavy atom. The SMILES string of the molecule is CCn1c(=O)/c(=C\Nc2cccc(N(C)C(=O)CN3C(C)CCCC3C)c2)s/c1=C(/C#N)C(=O)NCC(F)(F)F. The number of alkyl halides is 3. The zero-order valence-corrected chi connectivity index (χ0v) is 23.7. The van der Waals surface area contributed by atoms with E-state index in [0.717, 1.165) is 35.2 Å². The molecule has 0 saturated carbocycles. The standard InChI is InChI=1S/C27H33F3N6O3S/c1-5-35-25(39)22(40-26(35)21(13-31)24(38)33-16-27(28,29)30)14-32-19-10-7-11-20(12-19)34(4)23(37)15-36-17(2)8-6-9-18(36)3/h7,10-12,14,17-18,32H,5-6,8-9,15-16H2,1-4H3,(H,33,38)/b22-14+,26-21-. The van der Waals surface area contributed by atoms with Gasteiger partial charge in [-0.05, 0) is 51.8 Å². The van der Waals surface area contributed by atoms with Gasteiger partial charge in [-0.2, -0.15) is 18.4 Å². The lowest BCUT2D eigenvalue weighted by molar-refractivity contribution is -0.135. The maximum absolute atomic E-state index is 13.1. The third-order valence-electron chi connectivity index (χ3n) is 6.90. The van der Waals surface area contributed by atoms with Crippen LogP contribution in [0.4, 0.5) is 24.5 Å². The van der Waals surface area contributed by atoms with Gasteiger partial charge >= 0.3 is 6.18 Å². The summed E-state index contributed by atoms with van der Waals surface area (Å²) in [5.41, 5.74) is 0.161. The molecular formula is C27H33F3N6O3S. The number of halogens is 3. The Labute approximate surface area is 234 Å². The van der Waals surface area contributed by atoms with Crippen LogP contribution in [-0.2, 0) is 16.1 Å². The van der Waals surface area contributed by atoms with E-state index in [0.29, 0.717) is 30.0 Å². The number of carbonyl (C=O) groups excluding carboxylic acids is 2. The number of nitriles is 1. The van der Waals surface area contributed by atoms with Gasteiger partial charge in [0.2, 0.25) is 5.91 Å². The Morgan fingerprint density at radius 1 is 1.25 bits per heavy atom. The van der Waals surface area contributed by atoms with E-state index in [1.54, 1.807) is 54.5 Å². The quantitative estimate of drug-likeness (QED) is 0.498. The topological polar surface area (TPSA) is 110 Å². The molecule has 1 aliphatic heterocycles. The van der Waals surface area contributed by atoms with E-state index in [1.165, 1.54) is 6.20 Å². The Morgan fingerprint density at radius 2 is 1.93 bits per heavy atom. The second-order valence-corrected chi connectivity index (χ2v) is 10.7. The van der Waals surface area contributed by atoms with Crippen molar-refractivity contribution in [3.8, 4) is 6.07 Å². The average Bonchev–Trinajstić information content (AvgIpc) is 3.22. The fraction of sp³-hybridized carbons (Fsp3) is 0.481. The molecule has 0 radical (unpaired) electrons. The minimum atomic E-state index is -4.64. The van der Waals surface area contributed by atoms with Crippen molar-refractivity contribution in [1.29, 1.82) is 5.26 Å². The third kappa shape index (κ3) is 7.51. The molecule has 2 aromatic rings. The van der Waals surface area contributed by atoms with Crippen LogP contribution in [0.5, 0.6) is 0 Å². The van der Waals surface area contributed by atoms with Crippen molar-refractivity contribution in [2.45, 2.75) is 64.8 Å². The van der Waals surface area contributed by atoms with Gasteiger partial charge in [0.25, 0.3) is 11.5 Å². The molecule has 216 valence electrons. The van der Waals surface area contributed by atoms with E-state index in [2.05, 4.69) is 24.1 Å². The summed E-state index contributed by atoms with van der Waals surface area (Å²) < 4.78 is 38.8. The number of carbonyl (C=O) groups is 2. The van der Waals surface area contributed by atoms with Crippen LogP contribution < -0.4 is 30.3 Å². The van der Waals surface area contributed by atoms with E-state index < -0.39 is 29.8 Å². The van der Waals surface area contributed by atoms with Gasteiger partial charge in [-0.3, -0.25) is 23.9 Å². The molecule has 2 atom stereocenters. The first-order valence-corrected chi connectivity index (χ1v) is 13.8. The van der Waals surface area contributed by atoms with Crippen LogP contribution in [-0.4, -0.2) is 59.7 Å². The highest BCUT2D eigenvalue weighted by Crippen LogP contribution is 2.24. The van der Waals surface area contributed by atoms with Gasteiger partial charge in [-0.1, -0.05) is 12.5 Å². The van der Waals surface area contributed by atoms with Crippen molar-refractivity contribution < 1.29 is 22.8 Å². The lowest BCUT2D eigenvalue weighted by Gasteiger charge is -2.39. The van der Waals surface area contributed by atoms with Crippen molar-refractivity contribution in [2.24, 2.45) is 0 Å². The molecule has 1 aromatic heterocycles. The van der Waals surface area contributed by atoms with E-state index in [9.17, 15) is 32.8 Å². The van der Waals surface area contributed by atoms with Crippen LogP contribution in [0.3, 0.4) is 0 Å². The van der Waals surface area contributed by atoms with Crippen LogP contribution in [0.15, 0.2) is 29.1 Å². The number of thiazole rings is 1. The highest BCUT2D eigenvalue weighted by atomic mass is 32.1. The third-order valence-corrected chi connectivity index (χ3v) is 8.03. The molecule has 1 saturated heterocycles. The molecular weight excluding hydrogens is 545 g/mol. The number of benzene rings is 1. The molecule has 0 bridgehead atoms. The number of nitrogens with one attached hydrogen (secondary N) is 2. The number of nitrogens with zero attached hydrogens (tertiary/aromatic N) is 4. The summed E-state index contributed by atoms with van der Waals surface area (Å²) in [4.78, 5) is 42.0. The molecule has 0 spiro atoms. The molecule has 40 heavy (non-hydrogen) atoms. The Kier molecular flexibility index (Phi) is 10.2. The fourth-order valence-corrected chi connectivity index (χ4v) is 5.69. The molecule has 9 nitrogen and oxygen atoms in total. The Balaban J connectivity index is 1.84. The molecule has 2 N–H and O–H groups in total. The van der Waals surface area contributed by atoms with Gasteiger partial charge in [0, 0.05) is 43.3 Å². The monoisotopic (exact) mass is 578 g/mol. The zero-order chi connectivity index (χ0) is 29.6. The molecule has 1 aromatic carbocycles. The van der Waals surface area contributed by atoms with Crippen molar-refractivity contribution >= 4 is 46.3 Å². The van der Waals surface area contributed by atoms with Crippen molar-refractivity contribution in [2.75, 3.05) is 30.4 Å². The number of likely N-dealkylation sites (N-methyl/N-ethyl adjacent to an activating group) is 1. The fourth-order valence-electron chi connectivity index (χ4n) is 4.60. The minimum absolute atomic E-state index is 0.0389. The molecule has 1 aliphatic rings. The van der Waals surface area contributed by atoms with Gasteiger partial charge < -0.3 is 15.5 Å². The number of anilines is 2. The maximum atomic E-state index is 13.1. The highest BCUT2D eigenvalue weighted by molar-refractivity contribution is 7.07. The zero-order valence-electron chi connectivity index (χ0n) is 22.8. The summed E-state index contributed by atoms with van der Waals surface area (Å²) >= 11 is 0.820. The molecule has 13 heteroatoms. The van der Waals surface area contributed by atoms with Crippen molar-refractivity contribution in [1.82, 2.24) is 14.8 Å². The Bertz CT molecular complexity index is 1450. The van der Waals surface area contributed by atoms with Crippen LogP contribution in [0, 0.1) is 11.3 Å². The predicted octanol–water partition coefficient (Wildman–Crippen LogP) is 2.36. The molecule has 2 unspecified atom stereocenters. The molecule has 1 fully saturated rings. The summed E-state index contributed by atoms with van der Waals surface area (Å²) in [7, 11) is 1.71. The predicted molar refractivity (Wildman–Crippen MR) is 149 cm³/mol. The summed E-state index contributed by atoms with van der Waals surface area (Å²) in [6.07, 6.45) is 0.0440. The van der Waals surface area contributed by atoms with Crippen molar-refractivity contribution in [3.05, 3.63) is 43.8 Å². The van der Waals surface area contributed by atoms with Crippen LogP contribution >= 0.6 is 11.3 Å².